The van der Waals surface area contributed by atoms with Gasteiger partial charge in [0, 0.05) is 17.0 Å². The molecule has 2 aromatic heterocycles. The summed E-state index contributed by atoms with van der Waals surface area (Å²) in [6.45, 7) is 33.8. The van der Waals surface area contributed by atoms with E-state index < -0.39 is 20.6 Å². The van der Waals surface area contributed by atoms with Gasteiger partial charge in [-0.2, -0.15) is 0 Å². The van der Waals surface area contributed by atoms with Crippen LogP contribution in [0.15, 0.2) is 16.7 Å². The molecule has 0 fully saturated rings. The molecule has 53 heavy (non-hydrogen) atoms. The van der Waals surface area contributed by atoms with Crippen molar-refractivity contribution in [3.8, 4) is 11.3 Å². The molecule has 0 aliphatic heterocycles. The normalized spacial score (nSPS) is 9.66. The predicted molar refractivity (Wildman–Crippen MR) is 236 cm³/mol. The van der Waals surface area contributed by atoms with Gasteiger partial charge in [-0.05, 0) is 216 Å². The second-order valence-electron chi connectivity index (χ2n) is 12.6. The van der Waals surface area contributed by atoms with Crippen LogP contribution in [-0.2, 0) is 13.5 Å². The summed E-state index contributed by atoms with van der Waals surface area (Å²) in [6, 6.07) is 4.13. The minimum atomic E-state index is -1.92. The molecular formula is C40H66BBrCl3IrN2O5. The molecule has 0 saturated carbocycles. The summed E-state index contributed by atoms with van der Waals surface area (Å²) in [5.41, 5.74) is 23.1. The Morgan fingerprint density at radius 3 is 1.25 bits per heavy atom. The van der Waals surface area contributed by atoms with Crippen molar-refractivity contribution in [3.63, 3.8) is 0 Å². The molecule has 0 unspecified atom stereocenters. The Morgan fingerprint density at radius 2 is 0.830 bits per heavy atom. The first kappa shape index (κ1) is 60.8. The van der Waals surface area contributed by atoms with Crippen LogP contribution in [0.5, 0.6) is 0 Å². The van der Waals surface area contributed by atoms with Crippen molar-refractivity contribution in [1.29, 1.82) is 0 Å². The van der Waals surface area contributed by atoms with Gasteiger partial charge in [0.15, 0.2) is 0 Å². The van der Waals surface area contributed by atoms with E-state index in [0.29, 0.717) is 5.46 Å². The van der Waals surface area contributed by atoms with E-state index in [-0.39, 0.29) is 31.3 Å². The average molecular weight is 1040 g/mol. The van der Waals surface area contributed by atoms with Crippen molar-refractivity contribution in [3.05, 3.63) is 106 Å². The van der Waals surface area contributed by atoms with Crippen LogP contribution in [-0.4, -0.2) is 43.6 Å². The summed E-state index contributed by atoms with van der Waals surface area (Å²) in [5, 5.41) is 18.2. The fraction of sp³-hybridized carbons (Fsp3) is 0.450. The molecule has 4 rings (SSSR count). The molecule has 0 atom stereocenters. The second-order valence-corrected chi connectivity index (χ2v) is 23.7. The number of aryl methyl sites for hydroxylation is 4. The SMILES string of the molecule is C.C.Cc1cc(-c2nc(C)c(C)c(C)c2C)c(C)c(C)c1C.Cc1cc(B(O)O)c(C)c(C)c1C.Cc1nc(Br)c(C)c(C)c1C.O.O.O.[Cl][Ir]([Cl])[Cl]. The third-order valence-corrected chi connectivity index (χ3v) is 10.9. The van der Waals surface area contributed by atoms with Crippen molar-refractivity contribution >= 4 is 57.3 Å². The van der Waals surface area contributed by atoms with E-state index in [2.05, 4.69) is 103 Å². The molecule has 4 aromatic rings. The van der Waals surface area contributed by atoms with Gasteiger partial charge in [0.05, 0.1) is 5.69 Å². The van der Waals surface area contributed by atoms with E-state index in [1.54, 1.807) is 0 Å². The van der Waals surface area contributed by atoms with Gasteiger partial charge in [-0.25, -0.2) is 4.98 Å². The summed E-state index contributed by atoms with van der Waals surface area (Å²) in [7, 11) is 13.6. The van der Waals surface area contributed by atoms with Gasteiger partial charge in [-0.1, -0.05) is 20.9 Å². The molecule has 2 heterocycles. The van der Waals surface area contributed by atoms with Crippen LogP contribution in [0.3, 0.4) is 0 Å². The van der Waals surface area contributed by atoms with Crippen molar-refractivity contribution in [2.45, 2.75) is 126 Å². The van der Waals surface area contributed by atoms with Crippen molar-refractivity contribution < 1.29 is 39.9 Å². The van der Waals surface area contributed by atoms with Crippen LogP contribution < -0.4 is 5.46 Å². The molecule has 306 valence electrons. The zero-order valence-electron chi connectivity index (χ0n) is 32.9. The van der Waals surface area contributed by atoms with Crippen molar-refractivity contribution in [2.24, 2.45) is 0 Å². The topological polar surface area (TPSA) is 161 Å². The first-order valence-corrected chi connectivity index (χ1v) is 25.4. The molecule has 8 N–H and O–H groups in total. The molecule has 13 heteroatoms. The van der Waals surface area contributed by atoms with Gasteiger partial charge in [0.25, 0.3) is 0 Å². The summed E-state index contributed by atoms with van der Waals surface area (Å²) < 4.78 is 0.970. The predicted octanol–water partition coefficient (Wildman–Crippen LogP) is 9.76. The molecular weight excluding hydrogens is 978 g/mol. The summed E-state index contributed by atoms with van der Waals surface area (Å²) >= 11 is 1.50. The van der Waals surface area contributed by atoms with E-state index in [9.17, 15) is 0 Å². The number of nitrogens with zero attached hydrogens (tertiary/aromatic N) is 2. The van der Waals surface area contributed by atoms with E-state index in [0.717, 1.165) is 38.4 Å². The fourth-order valence-electron chi connectivity index (χ4n) is 5.32. The number of hydrogen-bond donors (Lipinski definition) is 2. The molecule has 7 nitrogen and oxygen atoms in total. The quantitative estimate of drug-likeness (QED) is 0.151. The molecule has 0 aliphatic carbocycles. The summed E-state index contributed by atoms with van der Waals surface area (Å²) in [6.07, 6.45) is 0. The zero-order valence-corrected chi connectivity index (χ0v) is 39.1. The fourth-order valence-corrected chi connectivity index (χ4v) is 5.88. The van der Waals surface area contributed by atoms with Crippen LogP contribution in [0, 0.1) is 111 Å². The molecule has 2 aromatic carbocycles. The van der Waals surface area contributed by atoms with Gasteiger partial charge in [0.2, 0.25) is 0 Å². The number of rotatable bonds is 2. The number of benzene rings is 2. The number of aromatic nitrogens is 2. The van der Waals surface area contributed by atoms with E-state index >= 15 is 0 Å². The van der Waals surface area contributed by atoms with Gasteiger partial charge in [-0.15, -0.1) is 0 Å². The molecule has 0 aliphatic rings. The van der Waals surface area contributed by atoms with E-state index in [4.69, 9.17) is 43.8 Å². The van der Waals surface area contributed by atoms with Crippen molar-refractivity contribution in [2.75, 3.05) is 0 Å². The monoisotopic (exact) mass is 1040 g/mol. The van der Waals surface area contributed by atoms with E-state index in [1.807, 2.05) is 40.7 Å². The van der Waals surface area contributed by atoms with Crippen LogP contribution in [0.1, 0.15) is 104 Å². The van der Waals surface area contributed by atoms with Crippen LogP contribution in [0.4, 0.5) is 0 Å². The maximum atomic E-state index is 9.10. The van der Waals surface area contributed by atoms with Crippen LogP contribution >= 0.6 is 44.7 Å². The van der Waals surface area contributed by atoms with Crippen LogP contribution in [0.25, 0.3) is 11.3 Å². The number of pyridine rings is 2. The van der Waals surface area contributed by atoms with Gasteiger partial charge in [0.1, 0.15) is 4.60 Å². The van der Waals surface area contributed by atoms with E-state index in [1.165, 1.54) is 66.8 Å². The first-order chi connectivity index (χ1) is 22.0. The third kappa shape index (κ3) is 15.9. The first-order valence-electron chi connectivity index (χ1n) is 15.7. The Kier molecular flexibility index (Phi) is 30.4. The Bertz CT molecular complexity index is 1700. The van der Waals surface area contributed by atoms with Gasteiger partial charge < -0.3 is 26.5 Å². The van der Waals surface area contributed by atoms with Gasteiger partial charge in [-0.3, -0.25) is 4.98 Å². The minimum absolute atomic E-state index is 0. The standard InChI is InChI=1S/C19H25N.C10H15BO2.C9H12BrN.2CH4.3ClH.Ir.3H2O/c1-10-9-18(15(6)12(3)11(10)2)19-16(7)13(4)14(5)17(8)20-19;1-6-5-10(11(12)13)9(4)8(3)7(6)2;1-5-6(2)8(4)11-9(10)7(5)3;;;;;;;;;/h9H,1-8H3;5,12-13H,1-4H3;1-4H3;2*1H4;3*1H;;3*1H2/q;;;;;;;;+3;;;/p-3. The number of halogens is 4. The molecule has 0 amide bonds. The second kappa shape index (κ2) is 26.5. The molecule has 0 bridgehead atoms. The molecule has 0 spiro atoms. The Morgan fingerprint density at radius 1 is 0.491 bits per heavy atom. The zero-order chi connectivity index (χ0) is 37.5. The Labute approximate surface area is 347 Å². The third-order valence-electron chi connectivity index (χ3n) is 10.1. The number of hydrogen-bond acceptors (Lipinski definition) is 4. The Balaban J connectivity index is -0.000000206. The Hall–Kier alpha value is -1.40. The molecule has 0 saturated heterocycles. The summed E-state index contributed by atoms with van der Waals surface area (Å²) in [4.78, 5) is 9.23. The average Bonchev–Trinajstić information content (AvgIpc) is 3.01. The maximum absolute atomic E-state index is 9.10. The van der Waals surface area contributed by atoms with Crippen LogP contribution in [0.2, 0.25) is 0 Å². The van der Waals surface area contributed by atoms with Gasteiger partial charge >= 0.3 is 49.3 Å². The van der Waals surface area contributed by atoms with Crippen molar-refractivity contribution in [1.82, 2.24) is 9.97 Å². The summed E-state index contributed by atoms with van der Waals surface area (Å²) in [5.74, 6) is 0. The molecule has 0 radical (unpaired) electrons.